The average molecular weight is 325 g/mol. The molecule has 1 fully saturated rings. The number of hydrogen-bond donors (Lipinski definition) is 2. The molecule has 6 nitrogen and oxygen atoms in total. The standard InChI is InChI=1S/C16H20FNO5/c1-15(2,3)23-14(21)18-9-16(22,8-12(18)13(19)20)10-6-4-5-7-11(10)17/h4-7,12,22H,8-9H2,1-3H3,(H,19,20). The van der Waals surface area contributed by atoms with Crippen molar-refractivity contribution < 1.29 is 28.9 Å². The third-order valence-electron chi connectivity index (χ3n) is 3.63. The molecule has 2 atom stereocenters. The Kier molecular flexibility index (Phi) is 4.34. The number of aliphatic carboxylic acids is 1. The number of carbonyl (C=O) groups is 2. The lowest BCUT2D eigenvalue weighted by atomic mass is 9.91. The third-order valence-corrected chi connectivity index (χ3v) is 3.63. The zero-order valence-corrected chi connectivity index (χ0v) is 13.2. The number of aliphatic hydroxyl groups is 1. The highest BCUT2D eigenvalue weighted by Crippen LogP contribution is 2.37. The number of carbonyl (C=O) groups excluding carboxylic acids is 1. The van der Waals surface area contributed by atoms with Crippen LogP contribution in [-0.2, 0) is 15.1 Å². The van der Waals surface area contributed by atoms with Crippen molar-refractivity contribution in [3.8, 4) is 0 Å². The summed E-state index contributed by atoms with van der Waals surface area (Å²) in [6, 6.07) is 4.29. The van der Waals surface area contributed by atoms with E-state index < -0.39 is 35.1 Å². The van der Waals surface area contributed by atoms with E-state index in [1.807, 2.05) is 0 Å². The normalized spacial score (nSPS) is 24.6. The van der Waals surface area contributed by atoms with Crippen molar-refractivity contribution in [2.45, 2.75) is 44.4 Å². The Morgan fingerprint density at radius 1 is 1.35 bits per heavy atom. The van der Waals surface area contributed by atoms with Crippen LogP contribution in [0.25, 0.3) is 0 Å². The first-order valence-electron chi connectivity index (χ1n) is 7.23. The molecular weight excluding hydrogens is 305 g/mol. The lowest BCUT2D eigenvalue weighted by molar-refractivity contribution is -0.142. The maximum absolute atomic E-state index is 14.0. The molecule has 7 heteroatoms. The van der Waals surface area contributed by atoms with Gasteiger partial charge in [0.1, 0.15) is 23.1 Å². The molecule has 0 saturated carbocycles. The quantitative estimate of drug-likeness (QED) is 0.869. The monoisotopic (exact) mass is 325 g/mol. The number of carboxylic acids is 1. The highest BCUT2D eigenvalue weighted by atomic mass is 19.1. The third kappa shape index (κ3) is 3.61. The lowest BCUT2D eigenvalue weighted by Crippen LogP contribution is -2.43. The predicted molar refractivity (Wildman–Crippen MR) is 79.3 cm³/mol. The van der Waals surface area contributed by atoms with Crippen molar-refractivity contribution in [2.24, 2.45) is 0 Å². The molecule has 23 heavy (non-hydrogen) atoms. The number of hydrogen-bond acceptors (Lipinski definition) is 4. The fourth-order valence-corrected chi connectivity index (χ4v) is 2.65. The van der Waals surface area contributed by atoms with Crippen molar-refractivity contribution in [3.05, 3.63) is 35.6 Å². The van der Waals surface area contributed by atoms with Gasteiger partial charge in [-0.05, 0) is 26.8 Å². The van der Waals surface area contributed by atoms with E-state index in [4.69, 9.17) is 4.74 Å². The van der Waals surface area contributed by atoms with Crippen LogP contribution in [0.5, 0.6) is 0 Å². The fourth-order valence-electron chi connectivity index (χ4n) is 2.65. The van der Waals surface area contributed by atoms with Crippen LogP contribution >= 0.6 is 0 Å². The molecule has 2 rings (SSSR count). The molecule has 2 N–H and O–H groups in total. The van der Waals surface area contributed by atoms with E-state index in [2.05, 4.69) is 0 Å². The molecule has 1 saturated heterocycles. The predicted octanol–water partition coefficient (Wildman–Crippen LogP) is 2.11. The molecule has 1 heterocycles. The first-order chi connectivity index (χ1) is 10.5. The van der Waals surface area contributed by atoms with E-state index in [9.17, 15) is 24.2 Å². The number of benzene rings is 1. The molecule has 0 radical (unpaired) electrons. The van der Waals surface area contributed by atoms with Crippen molar-refractivity contribution in [3.63, 3.8) is 0 Å². The Hall–Kier alpha value is -2.15. The number of nitrogens with zero attached hydrogens (tertiary/aromatic N) is 1. The molecule has 1 amide bonds. The van der Waals surface area contributed by atoms with Gasteiger partial charge in [0, 0.05) is 12.0 Å². The average Bonchev–Trinajstić information content (AvgIpc) is 2.77. The van der Waals surface area contributed by atoms with Crippen molar-refractivity contribution in [2.75, 3.05) is 6.54 Å². The minimum absolute atomic E-state index is 0.0303. The molecule has 0 bridgehead atoms. The topological polar surface area (TPSA) is 87.1 Å². The summed E-state index contributed by atoms with van der Waals surface area (Å²) in [6.07, 6.45) is -1.15. The van der Waals surface area contributed by atoms with Crippen LogP contribution in [0.2, 0.25) is 0 Å². The van der Waals surface area contributed by atoms with Gasteiger partial charge in [0.2, 0.25) is 0 Å². The van der Waals surface area contributed by atoms with Crippen molar-refractivity contribution in [1.82, 2.24) is 4.90 Å². The molecule has 2 unspecified atom stereocenters. The maximum Gasteiger partial charge on any atom is 0.411 e. The molecule has 1 aliphatic heterocycles. The summed E-state index contributed by atoms with van der Waals surface area (Å²) in [5.74, 6) is -1.92. The molecule has 1 aromatic carbocycles. The van der Waals surface area contributed by atoms with E-state index in [-0.39, 0.29) is 18.5 Å². The Bertz CT molecular complexity index is 627. The van der Waals surface area contributed by atoms with Crippen molar-refractivity contribution in [1.29, 1.82) is 0 Å². The second kappa shape index (κ2) is 5.81. The van der Waals surface area contributed by atoms with Gasteiger partial charge in [-0.1, -0.05) is 18.2 Å². The van der Waals surface area contributed by atoms with Gasteiger partial charge in [0.05, 0.1) is 6.54 Å². The van der Waals surface area contributed by atoms with Gasteiger partial charge in [-0.15, -0.1) is 0 Å². The number of halogens is 1. The molecule has 0 spiro atoms. The van der Waals surface area contributed by atoms with E-state index in [1.165, 1.54) is 18.2 Å². The summed E-state index contributed by atoms with van der Waals surface area (Å²) in [7, 11) is 0. The zero-order chi connectivity index (χ0) is 17.4. The van der Waals surface area contributed by atoms with E-state index in [0.717, 1.165) is 4.90 Å². The van der Waals surface area contributed by atoms with Crippen LogP contribution in [0.1, 0.15) is 32.8 Å². The molecule has 126 valence electrons. The summed E-state index contributed by atoms with van der Waals surface area (Å²) in [4.78, 5) is 24.6. The Balaban J connectivity index is 2.33. The van der Waals surface area contributed by atoms with Crippen LogP contribution < -0.4 is 0 Å². The van der Waals surface area contributed by atoms with Gasteiger partial charge in [-0.25, -0.2) is 14.0 Å². The largest absolute Gasteiger partial charge is 0.480 e. The Morgan fingerprint density at radius 3 is 2.48 bits per heavy atom. The highest BCUT2D eigenvalue weighted by Gasteiger charge is 2.51. The SMILES string of the molecule is CC(C)(C)OC(=O)N1CC(O)(c2ccccc2F)CC1C(=O)O. The maximum atomic E-state index is 14.0. The summed E-state index contributed by atoms with van der Waals surface area (Å²) in [6.45, 7) is 4.61. The zero-order valence-electron chi connectivity index (χ0n) is 13.2. The van der Waals surface area contributed by atoms with E-state index >= 15 is 0 Å². The second-order valence-corrected chi connectivity index (χ2v) is 6.68. The Labute approximate surface area is 133 Å². The van der Waals surface area contributed by atoms with Crippen LogP contribution in [0.3, 0.4) is 0 Å². The number of ether oxygens (including phenoxy) is 1. The first kappa shape index (κ1) is 17.2. The van der Waals surface area contributed by atoms with Gasteiger partial charge >= 0.3 is 12.1 Å². The van der Waals surface area contributed by atoms with Crippen LogP contribution in [0, 0.1) is 5.82 Å². The number of carboxylic acid groups (broad SMARTS) is 1. The number of rotatable bonds is 2. The highest BCUT2D eigenvalue weighted by molar-refractivity contribution is 5.81. The summed E-state index contributed by atoms with van der Waals surface area (Å²) < 4.78 is 19.2. The Morgan fingerprint density at radius 2 is 1.96 bits per heavy atom. The van der Waals surface area contributed by atoms with Gasteiger partial charge in [0.25, 0.3) is 0 Å². The number of β-amino-alcohol motifs (C(OH)–C–C–N with tert-alkyl or cyclic N) is 1. The molecule has 1 aromatic rings. The van der Waals surface area contributed by atoms with Crippen LogP contribution in [-0.4, -0.2) is 45.4 Å². The van der Waals surface area contributed by atoms with E-state index in [1.54, 1.807) is 26.8 Å². The van der Waals surface area contributed by atoms with Gasteiger partial charge < -0.3 is 14.9 Å². The van der Waals surface area contributed by atoms with Crippen LogP contribution in [0.4, 0.5) is 9.18 Å². The summed E-state index contributed by atoms with van der Waals surface area (Å²) >= 11 is 0. The minimum atomic E-state index is -1.77. The van der Waals surface area contributed by atoms with Crippen molar-refractivity contribution >= 4 is 12.1 Å². The van der Waals surface area contributed by atoms with E-state index in [0.29, 0.717) is 0 Å². The molecular formula is C16H20FNO5. The molecule has 0 aliphatic carbocycles. The van der Waals surface area contributed by atoms with Crippen LogP contribution in [0.15, 0.2) is 24.3 Å². The van der Waals surface area contributed by atoms with Gasteiger partial charge in [-0.2, -0.15) is 0 Å². The lowest BCUT2D eigenvalue weighted by Gasteiger charge is -2.27. The van der Waals surface area contributed by atoms with Gasteiger partial charge in [-0.3, -0.25) is 4.90 Å². The number of amides is 1. The summed E-state index contributed by atoms with van der Waals surface area (Å²) in [5, 5.41) is 20.1. The molecule has 1 aliphatic rings. The molecule has 0 aromatic heterocycles. The second-order valence-electron chi connectivity index (χ2n) is 6.68. The first-order valence-corrected chi connectivity index (χ1v) is 7.23. The van der Waals surface area contributed by atoms with Gasteiger partial charge in [0.15, 0.2) is 0 Å². The number of likely N-dealkylation sites (tertiary alicyclic amines) is 1. The smallest absolute Gasteiger partial charge is 0.411 e. The minimum Gasteiger partial charge on any atom is -0.480 e. The fraction of sp³-hybridized carbons (Fsp3) is 0.500. The summed E-state index contributed by atoms with van der Waals surface area (Å²) in [5.41, 5.74) is -2.61.